The molecule has 0 saturated carbocycles. The highest BCUT2D eigenvalue weighted by atomic mass is 35.5. The fourth-order valence-corrected chi connectivity index (χ4v) is 1.33. The number of hydroxylamine groups is 2. The van der Waals surface area contributed by atoms with Crippen LogP contribution in [0.3, 0.4) is 0 Å². The molecule has 0 aromatic carbocycles. The molecule has 0 fully saturated rings. The molecule has 0 rings (SSSR count). The number of carboxylic acid groups (broad SMARTS) is 1. The highest BCUT2D eigenvalue weighted by Gasteiger charge is 2.11. The molecule has 0 atom stereocenters. The van der Waals surface area contributed by atoms with Crippen LogP contribution in [0.2, 0.25) is 0 Å². The highest BCUT2D eigenvalue weighted by molar-refractivity contribution is 5.85. The molecule has 2 N–H and O–H groups in total. The monoisotopic (exact) mass is 282 g/mol. The molecular weight excluding hydrogens is 260 g/mol. The van der Waals surface area contributed by atoms with Crippen LogP contribution >= 0.6 is 12.4 Å². The van der Waals surface area contributed by atoms with E-state index in [1.54, 1.807) is 0 Å². The molecule has 0 aliphatic heterocycles. The summed E-state index contributed by atoms with van der Waals surface area (Å²) in [7, 11) is 3.99. The van der Waals surface area contributed by atoms with Gasteiger partial charge in [-0.3, -0.25) is 14.8 Å². The lowest BCUT2D eigenvalue weighted by Gasteiger charge is -2.14. The maximum absolute atomic E-state index is 11.2. The van der Waals surface area contributed by atoms with Gasteiger partial charge in [0.15, 0.2) is 0 Å². The first-order valence-electron chi connectivity index (χ1n) is 5.79. The summed E-state index contributed by atoms with van der Waals surface area (Å²) < 4.78 is 0. The zero-order valence-electron chi connectivity index (χ0n) is 11.0. The van der Waals surface area contributed by atoms with Crippen LogP contribution in [0.1, 0.15) is 32.1 Å². The summed E-state index contributed by atoms with van der Waals surface area (Å²) in [6.07, 6.45) is 2.29. The van der Waals surface area contributed by atoms with Gasteiger partial charge in [0.2, 0.25) is 5.91 Å². The Morgan fingerprint density at radius 3 is 2.06 bits per heavy atom. The van der Waals surface area contributed by atoms with Crippen LogP contribution in [0.25, 0.3) is 0 Å². The smallest absolute Gasteiger partial charge is 0.303 e. The van der Waals surface area contributed by atoms with Crippen LogP contribution < -0.4 is 0 Å². The van der Waals surface area contributed by atoms with E-state index in [9.17, 15) is 14.8 Å². The van der Waals surface area contributed by atoms with Gasteiger partial charge < -0.3 is 10.0 Å². The van der Waals surface area contributed by atoms with Crippen LogP contribution in [0.5, 0.6) is 0 Å². The number of unbranched alkanes of at least 4 members (excludes halogenated alkanes) is 2. The van der Waals surface area contributed by atoms with Gasteiger partial charge in [0.05, 0.1) is 6.42 Å². The predicted octanol–water partition coefficient (Wildman–Crippen LogP) is 1.22. The fraction of sp³-hybridized carbons (Fsp3) is 0.818. The Balaban J connectivity index is 0. The van der Waals surface area contributed by atoms with Gasteiger partial charge in [-0.25, -0.2) is 5.06 Å². The van der Waals surface area contributed by atoms with Crippen molar-refractivity contribution in [1.82, 2.24) is 9.96 Å². The minimum absolute atomic E-state index is 0. The van der Waals surface area contributed by atoms with Crippen molar-refractivity contribution in [2.45, 2.75) is 32.1 Å². The van der Waals surface area contributed by atoms with E-state index < -0.39 is 11.9 Å². The fourth-order valence-electron chi connectivity index (χ4n) is 1.33. The highest BCUT2D eigenvalue weighted by Crippen LogP contribution is 2.01. The molecule has 0 radical (unpaired) electrons. The first-order chi connectivity index (χ1) is 7.93. The number of hydrogen-bond donors (Lipinski definition) is 2. The summed E-state index contributed by atoms with van der Waals surface area (Å²) in [5.41, 5.74) is 0. The van der Waals surface area contributed by atoms with Crippen molar-refractivity contribution in [3.8, 4) is 0 Å². The molecular formula is C11H23ClN2O4. The Bertz CT molecular complexity index is 249. The van der Waals surface area contributed by atoms with E-state index in [0.29, 0.717) is 5.06 Å². The second-order valence-electron chi connectivity index (χ2n) is 4.27. The lowest BCUT2D eigenvalue weighted by Crippen LogP contribution is -2.28. The maximum atomic E-state index is 11.2. The molecule has 0 aliphatic carbocycles. The Labute approximate surface area is 114 Å². The van der Waals surface area contributed by atoms with Crippen molar-refractivity contribution < 1.29 is 19.9 Å². The molecule has 6 nitrogen and oxygen atoms in total. The molecule has 0 aromatic rings. The summed E-state index contributed by atoms with van der Waals surface area (Å²) in [5, 5.41) is 18.3. The second-order valence-corrected chi connectivity index (χ2v) is 4.27. The van der Waals surface area contributed by atoms with Gasteiger partial charge in [0.1, 0.15) is 0 Å². The summed E-state index contributed by atoms with van der Waals surface area (Å²) in [6.45, 7) is 1.25. The molecule has 0 spiro atoms. The molecule has 7 heteroatoms. The SMILES string of the molecule is CN(C)CCCCCN(O)C(=O)CCC(=O)O.Cl. The van der Waals surface area contributed by atoms with Crippen molar-refractivity contribution in [2.75, 3.05) is 27.2 Å². The van der Waals surface area contributed by atoms with Gasteiger partial charge in [0, 0.05) is 13.0 Å². The normalized spacial score (nSPS) is 10.0. The van der Waals surface area contributed by atoms with Crippen LogP contribution in [-0.4, -0.2) is 59.3 Å². The van der Waals surface area contributed by atoms with Gasteiger partial charge in [-0.15, -0.1) is 12.4 Å². The number of carboxylic acids is 1. The number of rotatable bonds is 9. The van der Waals surface area contributed by atoms with E-state index in [0.717, 1.165) is 25.8 Å². The number of aliphatic carboxylic acids is 1. The molecule has 18 heavy (non-hydrogen) atoms. The first kappa shape index (κ1) is 19.5. The number of halogens is 1. The zero-order chi connectivity index (χ0) is 13.3. The number of nitrogens with zero attached hydrogens (tertiary/aromatic N) is 2. The van der Waals surface area contributed by atoms with Gasteiger partial charge in [-0.05, 0) is 33.5 Å². The molecule has 0 aliphatic rings. The van der Waals surface area contributed by atoms with Crippen LogP contribution in [0.15, 0.2) is 0 Å². The van der Waals surface area contributed by atoms with E-state index >= 15 is 0 Å². The van der Waals surface area contributed by atoms with Gasteiger partial charge in [0.25, 0.3) is 0 Å². The van der Waals surface area contributed by atoms with Crippen molar-refractivity contribution in [3.05, 3.63) is 0 Å². The summed E-state index contributed by atoms with van der Waals surface area (Å²) in [6, 6.07) is 0. The number of carbonyl (C=O) groups is 2. The summed E-state index contributed by atoms with van der Waals surface area (Å²) in [5.74, 6) is -1.56. The topological polar surface area (TPSA) is 81.1 Å². The second kappa shape index (κ2) is 11.3. The summed E-state index contributed by atoms with van der Waals surface area (Å²) >= 11 is 0. The van der Waals surface area contributed by atoms with Crippen LogP contribution in [0, 0.1) is 0 Å². The quantitative estimate of drug-likeness (QED) is 0.378. The largest absolute Gasteiger partial charge is 0.481 e. The standard InChI is InChI=1S/C11H22N2O4.ClH/c1-12(2)8-4-3-5-9-13(17)10(14)6-7-11(15)16;/h17H,3-9H2,1-2H3,(H,15,16);1H. The molecule has 0 aromatic heterocycles. The van der Waals surface area contributed by atoms with E-state index in [2.05, 4.69) is 4.90 Å². The van der Waals surface area contributed by atoms with Gasteiger partial charge in [-0.1, -0.05) is 6.42 Å². The zero-order valence-corrected chi connectivity index (χ0v) is 11.8. The van der Waals surface area contributed by atoms with Crippen molar-refractivity contribution in [1.29, 1.82) is 0 Å². The average Bonchev–Trinajstić information content (AvgIpc) is 2.24. The average molecular weight is 283 g/mol. The molecule has 108 valence electrons. The number of amides is 1. The third kappa shape index (κ3) is 11.6. The lowest BCUT2D eigenvalue weighted by atomic mass is 10.2. The van der Waals surface area contributed by atoms with Crippen molar-refractivity contribution >= 4 is 24.3 Å². The van der Waals surface area contributed by atoms with Crippen molar-refractivity contribution in [2.24, 2.45) is 0 Å². The van der Waals surface area contributed by atoms with E-state index in [1.807, 2.05) is 14.1 Å². The van der Waals surface area contributed by atoms with Gasteiger partial charge in [-0.2, -0.15) is 0 Å². The predicted molar refractivity (Wildman–Crippen MR) is 70.0 cm³/mol. The van der Waals surface area contributed by atoms with Crippen molar-refractivity contribution in [3.63, 3.8) is 0 Å². The van der Waals surface area contributed by atoms with Crippen LogP contribution in [-0.2, 0) is 9.59 Å². The van der Waals surface area contributed by atoms with E-state index in [4.69, 9.17) is 5.11 Å². The lowest BCUT2D eigenvalue weighted by molar-refractivity contribution is -0.166. The third-order valence-corrected chi connectivity index (χ3v) is 2.32. The number of hydrogen-bond acceptors (Lipinski definition) is 4. The third-order valence-electron chi connectivity index (χ3n) is 2.32. The van der Waals surface area contributed by atoms with Gasteiger partial charge >= 0.3 is 5.97 Å². The Hall–Kier alpha value is -0.850. The van der Waals surface area contributed by atoms with Crippen LogP contribution in [0.4, 0.5) is 0 Å². The molecule has 0 heterocycles. The minimum atomic E-state index is -1.03. The molecule has 0 bridgehead atoms. The maximum Gasteiger partial charge on any atom is 0.303 e. The first-order valence-corrected chi connectivity index (χ1v) is 5.79. The Morgan fingerprint density at radius 2 is 1.56 bits per heavy atom. The summed E-state index contributed by atoms with van der Waals surface area (Å²) in [4.78, 5) is 23.5. The molecule has 0 unspecified atom stereocenters. The molecule has 1 amide bonds. The number of carbonyl (C=O) groups excluding carboxylic acids is 1. The van der Waals surface area contributed by atoms with E-state index in [-0.39, 0.29) is 31.8 Å². The molecule has 0 saturated heterocycles. The Kier molecular flexibility index (Phi) is 12.2. The van der Waals surface area contributed by atoms with E-state index in [1.165, 1.54) is 0 Å². The Morgan fingerprint density at radius 1 is 1.00 bits per heavy atom. The minimum Gasteiger partial charge on any atom is -0.481 e.